The minimum Gasteiger partial charge on any atom is -0.480 e. The summed E-state index contributed by atoms with van der Waals surface area (Å²) in [5.74, 6) is 0.526. The summed E-state index contributed by atoms with van der Waals surface area (Å²) < 4.78 is 0. The first kappa shape index (κ1) is 12.8. The van der Waals surface area contributed by atoms with E-state index < -0.39 is 5.97 Å². The van der Waals surface area contributed by atoms with Gasteiger partial charge in [-0.1, -0.05) is 13.8 Å². The summed E-state index contributed by atoms with van der Waals surface area (Å²) in [6.07, 6.45) is 3.02. The molecule has 1 fully saturated rings. The number of carbonyl (C=O) groups is 1. The number of hydrogen-bond acceptors (Lipinski definition) is 3. The molecule has 0 bridgehead atoms. The summed E-state index contributed by atoms with van der Waals surface area (Å²) in [5, 5.41) is 9.67. The van der Waals surface area contributed by atoms with Crippen molar-refractivity contribution in [2.24, 2.45) is 0 Å². The van der Waals surface area contributed by atoms with Crippen LogP contribution in [-0.2, 0) is 4.79 Å². The van der Waals surface area contributed by atoms with E-state index in [-0.39, 0.29) is 6.04 Å². The molecular formula is C11H21NO2S. The van der Waals surface area contributed by atoms with Crippen LogP contribution in [0.3, 0.4) is 0 Å². The number of likely N-dealkylation sites (N-methyl/N-ethyl adjacent to an activating group) is 1. The topological polar surface area (TPSA) is 40.5 Å². The van der Waals surface area contributed by atoms with Crippen molar-refractivity contribution in [2.45, 2.75) is 50.4 Å². The first-order chi connectivity index (χ1) is 7.07. The number of thioether (sulfide) groups is 1. The van der Waals surface area contributed by atoms with Crippen molar-refractivity contribution in [3.8, 4) is 0 Å². The number of carboxylic acids is 1. The first-order valence-electron chi connectivity index (χ1n) is 5.64. The molecule has 0 aliphatic carbocycles. The van der Waals surface area contributed by atoms with Crippen molar-refractivity contribution in [2.75, 3.05) is 12.8 Å². The van der Waals surface area contributed by atoms with Gasteiger partial charge in [-0.15, -0.1) is 0 Å². The second-order valence-corrected chi connectivity index (χ2v) is 5.70. The quantitative estimate of drug-likeness (QED) is 0.804. The Bertz CT molecular complexity index is 223. The zero-order valence-corrected chi connectivity index (χ0v) is 10.6. The summed E-state index contributed by atoms with van der Waals surface area (Å²) in [7, 11) is 1.95. The Labute approximate surface area is 96.2 Å². The molecule has 1 rings (SSSR count). The van der Waals surface area contributed by atoms with Gasteiger partial charge >= 0.3 is 5.97 Å². The van der Waals surface area contributed by atoms with Crippen molar-refractivity contribution < 1.29 is 9.90 Å². The normalized spacial score (nSPS) is 29.1. The minimum atomic E-state index is -0.692. The van der Waals surface area contributed by atoms with Crippen LogP contribution < -0.4 is 0 Å². The molecule has 3 nitrogen and oxygen atoms in total. The van der Waals surface area contributed by atoms with Gasteiger partial charge in [-0.25, -0.2) is 0 Å². The molecule has 0 radical (unpaired) electrons. The van der Waals surface area contributed by atoms with Crippen LogP contribution in [0.5, 0.6) is 0 Å². The molecule has 0 amide bonds. The highest BCUT2D eigenvalue weighted by molar-refractivity contribution is 7.99. The fourth-order valence-corrected chi connectivity index (χ4v) is 3.57. The molecule has 0 spiro atoms. The van der Waals surface area contributed by atoms with Gasteiger partial charge in [0.2, 0.25) is 0 Å². The lowest BCUT2D eigenvalue weighted by Gasteiger charge is -2.38. The molecule has 15 heavy (non-hydrogen) atoms. The molecule has 1 aliphatic rings. The maximum atomic E-state index is 11.1. The maximum Gasteiger partial charge on any atom is 0.320 e. The first-order valence-corrected chi connectivity index (χ1v) is 6.69. The van der Waals surface area contributed by atoms with Crippen molar-refractivity contribution in [3.05, 3.63) is 0 Å². The van der Waals surface area contributed by atoms with Gasteiger partial charge in [0.15, 0.2) is 0 Å². The lowest BCUT2D eigenvalue weighted by atomic mass is 10.0. The summed E-state index contributed by atoms with van der Waals surface area (Å²) >= 11 is 1.96. The number of hydrogen-bond donors (Lipinski definition) is 1. The van der Waals surface area contributed by atoms with Crippen LogP contribution in [0, 0.1) is 0 Å². The van der Waals surface area contributed by atoms with Crippen LogP contribution >= 0.6 is 11.8 Å². The molecule has 88 valence electrons. The van der Waals surface area contributed by atoms with Gasteiger partial charge in [0, 0.05) is 11.3 Å². The maximum absolute atomic E-state index is 11.1. The van der Waals surface area contributed by atoms with E-state index in [0.717, 1.165) is 6.42 Å². The number of aliphatic carboxylic acids is 1. The Morgan fingerprint density at radius 2 is 2.33 bits per heavy atom. The highest BCUT2D eigenvalue weighted by Crippen LogP contribution is 2.29. The predicted octanol–water partition coefficient (Wildman–Crippen LogP) is 2.07. The molecule has 0 aromatic heterocycles. The fraction of sp³-hybridized carbons (Fsp3) is 0.909. The van der Waals surface area contributed by atoms with Crippen LogP contribution in [0.25, 0.3) is 0 Å². The monoisotopic (exact) mass is 231 g/mol. The molecule has 0 saturated carbocycles. The van der Waals surface area contributed by atoms with Crippen molar-refractivity contribution >= 4 is 17.7 Å². The molecule has 3 unspecified atom stereocenters. The third kappa shape index (κ3) is 3.11. The van der Waals surface area contributed by atoms with E-state index in [9.17, 15) is 4.79 Å². The van der Waals surface area contributed by atoms with Crippen molar-refractivity contribution in [1.29, 1.82) is 0 Å². The molecule has 1 aliphatic heterocycles. The summed E-state index contributed by atoms with van der Waals surface area (Å²) in [4.78, 5) is 13.1. The lowest BCUT2D eigenvalue weighted by Crippen LogP contribution is -2.49. The van der Waals surface area contributed by atoms with E-state index in [0.29, 0.717) is 17.7 Å². The van der Waals surface area contributed by atoms with Gasteiger partial charge in [-0.2, -0.15) is 11.8 Å². The molecule has 3 atom stereocenters. The molecule has 1 heterocycles. The Balaban J connectivity index is 2.63. The molecule has 4 heteroatoms. The number of rotatable bonds is 4. The fourth-order valence-electron chi connectivity index (χ4n) is 2.31. The van der Waals surface area contributed by atoms with E-state index in [1.807, 2.05) is 25.7 Å². The predicted molar refractivity (Wildman–Crippen MR) is 64.4 cm³/mol. The molecular weight excluding hydrogens is 210 g/mol. The van der Waals surface area contributed by atoms with Crippen LogP contribution in [0.1, 0.15) is 33.1 Å². The SMILES string of the molecule is CCC(C(=O)O)N(C)C1CCCSC1C. The van der Waals surface area contributed by atoms with Crippen LogP contribution in [0.15, 0.2) is 0 Å². The van der Waals surface area contributed by atoms with E-state index >= 15 is 0 Å². The Morgan fingerprint density at radius 1 is 1.67 bits per heavy atom. The number of carboxylic acid groups (broad SMARTS) is 1. The summed E-state index contributed by atoms with van der Waals surface area (Å²) in [5.41, 5.74) is 0. The van der Waals surface area contributed by atoms with Gasteiger partial charge in [-0.3, -0.25) is 9.69 Å². The highest BCUT2D eigenvalue weighted by atomic mass is 32.2. The third-order valence-electron chi connectivity index (χ3n) is 3.25. The Hall–Kier alpha value is -0.220. The Morgan fingerprint density at radius 3 is 2.80 bits per heavy atom. The molecule has 0 aromatic rings. The van der Waals surface area contributed by atoms with Gasteiger partial charge in [0.25, 0.3) is 0 Å². The van der Waals surface area contributed by atoms with E-state index in [2.05, 4.69) is 11.8 Å². The van der Waals surface area contributed by atoms with Crippen LogP contribution in [0.2, 0.25) is 0 Å². The lowest BCUT2D eigenvalue weighted by molar-refractivity contribution is -0.143. The second kappa shape index (κ2) is 5.75. The van der Waals surface area contributed by atoms with Crippen molar-refractivity contribution in [1.82, 2.24) is 4.90 Å². The smallest absolute Gasteiger partial charge is 0.320 e. The third-order valence-corrected chi connectivity index (χ3v) is 4.62. The van der Waals surface area contributed by atoms with Gasteiger partial charge in [0.05, 0.1) is 0 Å². The summed E-state index contributed by atoms with van der Waals surface area (Å²) in [6, 6.07) is 0.0981. The molecule has 1 saturated heterocycles. The summed E-state index contributed by atoms with van der Waals surface area (Å²) in [6.45, 7) is 4.15. The van der Waals surface area contributed by atoms with Crippen molar-refractivity contribution in [3.63, 3.8) is 0 Å². The van der Waals surface area contributed by atoms with Crippen LogP contribution in [-0.4, -0.2) is 46.1 Å². The highest BCUT2D eigenvalue weighted by Gasteiger charge is 2.31. The second-order valence-electron chi connectivity index (χ2n) is 4.21. The number of nitrogens with zero attached hydrogens (tertiary/aromatic N) is 1. The van der Waals surface area contributed by atoms with E-state index in [4.69, 9.17) is 5.11 Å². The zero-order valence-electron chi connectivity index (χ0n) is 9.77. The zero-order chi connectivity index (χ0) is 11.4. The van der Waals surface area contributed by atoms with Gasteiger partial charge < -0.3 is 5.11 Å². The van der Waals surface area contributed by atoms with E-state index in [1.165, 1.54) is 12.2 Å². The minimum absolute atomic E-state index is 0.323. The van der Waals surface area contributed by atoms with Gasteiger partial charge in [-0.05, 0) is 32.1 Å². The van der Waals surface area contributed by atoms with Crippen LogP contribution in [0.4, 0.5) is 0 Å². The molecule has 0 aromatic carbocycles. The van der Waals surface area contributed by atoms with Gasteiger partial charge in [0.1, 0.15) is 6.04 Å². The average Bonchev–Trinajstić information content (AvgIpc) is 2.18. The molecule has 1 N–H and O–H groups in total. The largest absolute Gasteiger partial charge is 0.480 e. The average molecular weight is 231 g/mol. The Kier molecular flexibility index (Phi) is 4.93. The standard InChI is InChI=1S/C11H21NO2S/c1-4-9(11(13)14)12(3)10-6-5-7-15-8(10)2/h8-10H,4-7H2,1-3H3,(H,13,14). The van der Waals surface area contributed by atoms with E-state index in [1.54, 1.807) is 0 Å².